The van der Waals surface area contributed by atoms with Gasteiger partial charge in [0.25, 0.3) is 0 Å². The van der Waals surface area contributed by atoms with Crippen molar-refractivity contribution in [2.75, 3.05) is 7.11 Å². The number of methoxy groups -OCH3 is 1. The Hall–Kier alpha value is -0.820. The molecular formula is C13H14Br2N2O2. The first-order chi connectivity index (χ1) is 9.15. The van der Waals surface area contributed by atoms with Crippen molar-refractivity contribution < 1.29 is 9.84 Å². The Labute approximate surface area is 129 Å². The van der Waals surface area contributed by atoms with Crippen LogP contribution >= 0.6 is 31.9 Å². The molecule has 4 nitrogen and oxygen atoms in total. The molecule has 0 unspecified atom stereocenters. The lowest BCUT2D eigenvalue weighted by molar-refractivity contribution is 0.181. The largest absolute Gasteiger partial charge is 0.390 e. The summed E-state index contributed by atoms with van der Waals surface area (Å²) < 4.78 is 6.81. The van der Waals surface area contributed by atoms with Crippen LogP contribution in [0, 0.1) is 0 Å². The topological polar surface area (TPSA) is 55.2 Å². The van der Waals surface area contributed by atoms with Gasteiger partial charge in [-0.3, -0.25) is 9.97 Å². The molecule has 0 aliphatic rings. The van der Waals surface area contributed by atoms with Gasteiger partial charge in [0.2, 0.25) is 0 Å². The molecule has 0 aliphatic heterocycles. The lowest BCUT2D eigenvalue weighted by Gasteiger charge is -1.96. The summed E-state index contributed by atoms with van der Waals surface area (Å²) in [6.07, 6.45) is 3.42. The zero-order valence-corrected chi connectivity index (χ0v) is 13.6. The summed E-state index contributed by atoms with van der Waals surface area (Å²) in [5, 5.41) is 8.55. The summed E-state index contributed by atoms with van der Waals surface area (Å²) >= 11 is 6.52. The predicted molar refractivity (Wildman–Crippen MR) is 80.5 cm³/mol. The van der Waals surface area contributed by atoms with Crippen LogP contribution in [0.25, 0.3) is 0 Å². The highest BCUT2D eigenvalue weighted by atomic mass is 79.9. The number of aromatic nitrogens is 2. The highest BCUT2D eigenvalue weighted by molar-refractivity contribution is 9.10. The van der Waals surface area contributed by atoms with Crippen molar-refractivity contribution in [1.82, 2.24) is 9.97 Å². The SMILES string of the molecule is COCc1ccc(Br)cn1.OCc1ccc(Br)cn1. The van der Waals surface area contributed by atoms with Gasteiger partial charge in [-0.15, -0.1) is 0 Å². The van der Waals surface area contributed by atoms with E-state index < -0.39 is 0 Å². The van der Waals surface area contributed by atoms with Crippen molar-refractivity contribution in [3.63, 3.8) is 0 Å². The number of rotatable bonds is 3. The van der Waals surface area contributed by atoms with Crippen LogP contribution in [0.4, 0.5) is 0 Å². The molecule has 0 atom stereocenters. The molecule has 0 spiro atoms. The van der Waals surface area contributed by atoms with Crippen LogP contribution in [0.3, 0.4) is 0 Å². The minimum atomic E-state index is 0.00722. The molecule has 102 valence electrons. The van der Waals surface area contributed by atoms with Crippen molar-refractivity contribution in [2.24, 2.45) is 0 Å². The van der Waals surface area contributed by atoms with Gasteiger partial charge in [0.05, 0.1) is 24.6 Å². The first kappa shape index (κ1) is 16.2. The van der Waals surface area contributed by atoms with Gasteiger partial charge < -0.3 is 9.84 Å². The van der Waals surface area contributed by atoms with Crippen molar-refractivity contribution in [3.05, 3.63) is 57.0 Å². The highest BCUT2D eigenvalue weighted by Gasteiger charge is 1.91. The average Bonchev–Trinajstić information content (AvgIpc) is 2.43. The Morgan fingerprint density at radius 3 is 1.89 bits per heavy atom. The summed E-state index contributed by atoms with van der Waals surface area (Å²) in [7, 11) is 1.66. The van der Waals surface area contributed by atoms with Gasteiger partial charge in [0, 0.05) is 28.4 Å². The second-order valence-electron chi connectivity index (χ2n) is 3.53. The first-order valence-electron chi connectivity index (χ1n) is 5.46. The van der Waals surface area contributed by atoms with Gasteiger partial charge >= 0.3 is 0 Å². The van der Waals surface area contributed by atoms with Crippen LogP contribution in [0.2, 0.25) is 0 Å². The van der Waals surface area contributed by atoms with Crippen LogP contribution in [-0.2, 0) is 18.0 Å². The summed E-state index contributed by atoms with van der Waals surface area (Å²) in [4.78, 5) is 8.00. The van der Waals surface area contributed by atoms with Gasteiger partial charge in [0.15, 0.2) is 0 Å². The third-order valence-corrected chi connectivity index (χ3v) is 2.97. The van der Waals surface area contributed by atoms with E-state index in [1.54, 1.807) is 25.6 Å². The molecule has 2 aromatic heterocycles. The Morgan fingerprint density at radius 1 is 1.00 bits per heavy atom. The van der Waals surface area contributed by atoms with Gasteiger partial charge in [-0.25, -0.2) is 0 Å². The lowest BCUT2D eigenvalue weighted by atomic mass is 10.4. The number of ether oxygens (including phenoxy) is 1. The molecule has 19 heavy (non-hydrogen) atoms. The number of halogens is 2. The van der Waals surface area contributed by atoms with Crippen molar-refractivity contribution >= 4 is 31.9 Å². The average molecular weight is 390 g/mol. The molecule has 0 aliphatic carbocycles. The molecule has 0 bridgehead atoms. The number of hydrogen-bond donors (Lipinski definition) is 1. The zero-order valence-electron chi connectivity index (χ0n) is 10.4. The second-order valence-corrected chi connectivity index (χ2v) is 5.36. The molecular weight excluding hydrogens is 376 g/mol. The van der Waals surface area contributed by atoms with Crippen molar-refractivity contribution in [3.8, 4) is 0 Å². The maximum Gasteiger partial charge on any atom is 0.0884 e. The van der Waals surface area contributed by atoms with E-state index >= 15 is 0 Å². The van der Waals surface area contributed by atoms with E-state index in [9.17, 15) is 0 Å². The molecule has 2 rings (SSSR count). The molecule has 0 saturated heterocycles. The van der Waals surface area contributed by atoms with Crippen molar-refractivity contribution in [2.45, 2.75) is 13.2 Å². The molecule has 0 amide bonds. The summed E-state index contributed by atoms with van der Waals surface area (Å²) in [6.45, 7) is 0.584. The Morgan fingerprint density at radius 2 is 1.53 bits per heavy atom. The third-order valence-electron chi connectivity index (χ3n) is 2.03. The zero-order chi connectivity index (χ0) is 14.1. The maximum atomic E-state index is 8.55. The number of pyridine rings is 2. The molecule has 0 fully saturated rings. The van der Waals surface area contributed by atoms with E-state index in [0.717, 1.165) is 14.6 Å². The fraction of sp³-hybridized carbons (Fsp3) is 0.231. The van der Waals surface area contributed by atoms with Crippen molar-refractivity contribution in [1.29, 1.82) is 0 Å². The lowest BCUT2D eigenvalue weighted by Crippen LogP contribution is -1.89. The Bertz CT molecular complexity index is 475. The number of nitrogens with zero attached hydrogens (tertiary/aromatic N) is 2. The maximum absolute atomic E-state index is 8.55. The quantitative estimate of drug-likeness (QED) is 0.874. The highest BCUT2D eigenvalue weighted by Crippen LogP contribution is 2.07. The van der Waals surface area contributed by atoms with Gasteiger partial charge in [-0.2, -0.15) is 0 Å². The van der Waals surface area contributed by atoms with Crippen LogP contribution in [0.15, 0.2) is 45.6 Å². The van der Waals surface area contributed by atoms with Gasteiger partial charge in [-0.1, -0.05) is 0 Å². The summed E-state index contributed by atoms with van der Waals surface area (Å²) in [5.74, 6) is 0. The Balaban J connectivity index is 0.000000191. The van der Waals surface area contributed by atoms with Crippen LogP contribution in [0.5, 0.6) is 0 Å². The van der Waals surface area contributed by atoms with E-state index in [1.807, 2.05) is 18.2 Å². The molecule has 2 aromatic rings. The molecule has 6 heteroatoms. The van der Waals surface area contributed by atoms with Gasteiger partial charge in [0.1, 0.15) is 0 Å². The standard InChI is InChI=1S/C7H8BrNO.C6H6BrNO/c1-10-5-7-3-2-6(8)4-9-7;7-5-1-2-6(4-9)8-3-5/h2-4H,5H2,1H3;1-3,9H,4H2. The number of aliphatic hydroxyl groups excluding tert-OH is 1. The van der Waals surface area contributed by atoms with Crippen LogP contribution in [-0.4, -0.2) is 22.2 Å². The van der Waals surface area contributed by atoms with E-state index in [-0.39, 0.29) is 6.61 Å². The third kappa shape index (κ3) is 6.77. The van der Waals surface area contributed by atoms with E-state index in [0.29, 0.717) is 12.3 Å². The number of aliphatic hydroxyl groups is 1. The smallest absolute Gasteiger partial charge is 0.0884 e. The first-order valence-corrected chi connectivity index (χ1v) is 7.05. The van der Waals surface area contributed by atoms with Crippen LogP contribution in [0.1, 0.15) is 11.4 Å². The fourth-order valence-electron chi connectivity index (χ4n) is 1.14. The molecule has 0 saturated carbocycles. The van der Waals surface area contributed by atoms with E-state index in [4.69, 9.17) is 9.84 Å². The normalized spacial score (nSPS) is 9.68. The molecule has 1 N–H and O–H groups in total. The van der Waals surface area contributed by atoms with E-state index in [2.05, 4.69) is 41.8 Å². The summed E-state index contributed by atoms with van der Waals surface area (Å²) in [5.41, 5.74) is 1.64. The van der Waals surface area contributed by atoms with Crippen LogP contribution < -0.4 is 0 Å². The molecule has 0 aromatic carbocycles. The predicted octanol–water partition coefficient (Wildman–Crippen LogP) is 3.33. The molecule has 2 heterocycles. The van der Waals surface area contributed by atoms with E-state index in [1.165, 1.54) is 0 Å². The number of hydrogen-bond acceptors (Lipinski definition) is 4. The minimum Gasteiger partial charge on any atom is -0.390 e. The Kier molecular flexibility index (Phi) is 7.81. The minimum absolute atomic E-state index is 0.00722. The molecule has 0 radical (unpaired) electrons. The second kappa shape index (κ2) is 9.14. The van der Waals surface area contributed by atoms with Gasteiger partial charge in [-0.05, 0) is 56.1 Å². The fourth-order valence-corrected chi connectivity index (χ4v) is 1.61. The summed E-state index contributed by atoms with van der Waals surface area (Å²) in [6, 6.07) is 7.48. The monoisotopic (exact) mass is 388 g/mol.